The third-order valence-corrected chi connectivity index (χ3v) is 2.87. The van der Waals surface area contributed by atoms with Gasteiger partial charge in [-0.3, -0.25) is 9.59 Å². The van der Waals surface area contributed by atoms with E-state index in [0.717, 1.165) is 5.56 Å². The van der Waals surface area contributed by atoms with E-state index < -0.39 is 6.10 Å². The zero-order chi connectivity index (χ0) is 15.3. The Morgan fingerprint density at radius 3 is 2.45 bits per heavy atom. The second-order valence-electron chi connectivity index (χ2n) is 5.45. The van der Waals surface area contributed by atoms with Crippen molar-refractivity contribution in [2.24, 2.45) is 5.92 Å². The zero-order valence-electron chi connectivity index (χ0n) is 12.8. The number of rotatable bonds is 6. The number of ether oxygens (including phenoxy) is 1. The molecule has 0 bridgehead atoms. The Morgan fingerprint density at radius 1 is 1.25 bits per heavy atom. The highest BCUT2D eigenvalue weighted by Crippen LogP contribution is 2.21. The number of Topliss-reactive ketones (excluding diaryl/α,β-unsaturated/α-hetero) is 1. The molecule has 1 N–H and O–H groups in total. The molecule has 0 spiro atoms. The third-order valence-electron chi connectivity index (χ3n) is 2.87. The fourth-order valence-electron chi connectivity index (χ4n) is 1.71. The first-order chi connectivity index (χ1) is 9.31. The fourth-order valence-corrected chi connectivity index (χ4v) is 1.71. The van der Waals surface area contributed by atoms with E-state index in [0.29, 0.717) is 23.8 Å². The summed E-state index contributed by atoms with van der Waals surface area (Å²) in [7, 11) is 0. The van der Waals surface area contributed by atoms with Gasteiger partial charge in [0.25, 0.3) is 5.91 Å². The molecular formula is C16H23NO3. The highest BCUT2D eigenvalue weighted by molar-refractivity contribution is 5.97. The molecule has 0 saturated carbocycles. The van der Waals surface area contributed by atoms with Crippen molar-refractivity contribution < 1.29 is 14.3 Å². The minimum atomic E-state index is -0.630. The zero-order valence-corrected chi connectivity index (χ0v) is 12.8. The summed E-state index contributed by atoms with van der Waals surface area (Å²) < 4.78 is 5.62. The summed E-state index contributed by atoms with van der Waals surface area (Å²) in [5.41, 5.74) is 1.49. The van der Waals surface area contributed by atoms with Gasteiger partial charge in [-0.25, -0.2) is 0 Å². The summed E-state index contributed by atoms with van der Waals surface area (Å²) in [6.07, 6.45) is -0.630. The summed E-state index contributed by atoms with van der Waals surface area (Å²) in [6.45, 7) is 9.75. The van der Waals surface area contributed by atoms with Crippen LogP contribution in [0, 0.1) is 12.8 Å². The summed E-state index contributed by atoms with van der Waals surface area (Å²) in [5.74, 6) is 0.598. The molecule has 0 aliphatic rings. The van der Waals surface area contributed by atoms with Gasteiger partial charge in [-0.1, -0.05) is 25.5 Å². The lowest BCUT2D eigenvalue weighted by Gasteiger charge is -2.17. The Hall–Kier alpha value is -1.84. The minimum absolute atomic E-state index is 0.0708. The molecule has 1 aromatic carbocycles. The van der Waals surface area contributed by atoms with Crippen LogP contribution in [0.4, 0.5) is 0 Å². The van der Waals surface area contributed by atoms with Gasteiger partial charge in [0.15, 0.2) is 11.9 Å². The molecule has 1 atom stereocenters. The number of hydrogen-bond donors (Lipinski definition) is 1. The second kappa shape index (κ2) is 7.08. The van der Waals surface area contributed by atoms with Crippen LogP contribution in [-0.4, -0.2) is 24.3 Å². The molecule has 1 amide bonds. The van der Waals surface area contributed by atoms with Gasteiger partial charge in [-0.15, -0.1) is 0 Å². The SMILES string of the molecule is CC(=O)c1cc(C)ccc1OC(C)C(=O)NCC(C)C. The maximum absolute atomic E-state index is 11.9. The first-order valence-electron chi connectivity index (χ1n) is 6.87. The predicted molar refractivity (Wildman–Crippen MR) is 79.1 cm³/mol. The number of ketones is 1. The predicted octanol–water partition coefficient (Wildman–Crippen LogP) is 2.74. The molecule has 1 aromatic rings. The Kier molecular flexibility index (Phi) is 5.74. The van der Waals surface area contributed by atoms with Crippen LogP contribution in [-0.2, 0) is 4.79 Å². The van der Waals surface area contributed by atoms with Gasteiger partial charge in [0, 0.05) is 6.54 Å². The lowest BCUT2D eigenvalue weighted by molar-refractivity contribution is -0.127. The Balaban J connectivity index is 2.77. The van der Waals surface area contributed by atoms with E-state index in [1.807, 2.05) is 26.8 Å². The van der Waals surface area contributed by atoms with Crippen molar-refractivity contribution in [1.82, 2.24) is 5.32 Å². The number of benzene rings is 1. The van der Waals surface area contributed by atoms with Crippen LogP contribution in [0.2, 0.25) is 0 Å². The number of amides is 1. The van der Waals surface area contributed by atoms with Crippen molar-refractivity contribution in [3.8, 4) is 5.75 Å². The molecule has 0 aliphatic heterocycles. The molecule has 1 unspecified atom stereocenters. The lowest BCUT2D eigenvalue weighted by atomic mass is 10.1. The number of aryl methyl sites for hydroxylation is 1. The highest BCUT2D eigenvalue weighted by atomic mass is 16.5. The topological polar surface area (TPSA) is 55.4 Å². The van der Waals surface area contributed by atoms with Gasteiger partial charge >= 0.3 is 0 Å². The summed E-state index contributed by atoms with van der Waals surface area (Å²) in [6, 6.07) is 5.37. The van der Waals surface area contributed by atoms with E-state index in [-0.39, 0.29) is 11.7 Å². The molecule has 110 valence electrons. The van der Waals surface area contributed by atoms with Crippen LogP contribution in [0.15, 0.2) is 18.2 Å². The van der Waals surface area contributed by atoms with Gasteiger partial charge < -0.3 is 10.1 Å². The summed E-state index contributed by atoms with van der Waals surface area (Å²) in [4.78, 5) is 23.5. The van der Waals surface area contributed by atoms with E-state index in [2.05, 4.69) is 5.32 Å². The summed E-state index contributed by atoms with van der Waals surface area (Å²) >= 11 is 0. The largest absolute Gasteiger partial charge is 0.480 e. The second-order valence-corrected chi connectivity index (χ2v) is 5.45. The third kappa shape index (κ3) is 4.68. The maximum Gasteiger partial charge on any atom is 0.260 e. The first kappa shape index (κ1) is 16.2. The molecule has 0 radical (unpaired) electrons. The molecule has 20 heavy (non-hydrogen) atoms. The smallest absolute Gasteiger partial charge is 0.260 e. The van der Waals surface area contributed by atoms with E-state index in [1.165, 1.54) is 6.92 Å². The van der Waals surface area contributed by atoms with Crippen LogP contribution in [0.3, 0.4) is 0 Å². The van der Waals surface area contributed by atoms with Gasteiger partial charge in [0.1, 0.15) is 5.75 Å². The average Bonchev–Trinajstić information content (AvgIpc) is 2.37. The number of hydrogen-bond acceptors (Lipinski definition) is 3. The van der Waals surface area contributed by atoms with Crippen molar-refractivity contribution >= 4 is 11.7 Å². The van der Waals surface area contributed by atoms with Crippen LogP contribution in [0.1, 0.15) is 43.6 Å². The van der Waals surface area contributed by atoms with Crippen molar-refractivity contribution in [2.75, 3.05) is 6.54 Å². The number of carbonyl (C=O) groups excluding carboxylic acids is 2. The molecule has 0 aliphatic carbocycles. The van der Waals surface area contributed by atoms with Gasteiger partial charge in [0.05, 0.1) is 5.56 Å². The molecule has 1 rings (SSSR count). The van der Waals surface area contributed by atoms with Gasteiger partial charge in [-0.05, 0) is 38.8 Å². The van der Waals surface area contributed by atoms with Crippen molar-refractivity contribution in [2.45, 2.75) is 40.7 Å². The first-order valence-corrected chi connectivity index (χ1v) is 6.87. The average molecular weight is 277 g/mol. The Labute approximate surface area is 120 Å². The fraction of sp³-hybridized carbons (Fsp3) is 0.500. The van der Waals surface area contributed by atoms with Crippen LogP contribution < -0.4 is 10.1 Å². The van der Waals surface area contributed by atoms with Gasteiger partial charge in [-0.2, -0.15) is 0 Å². The molecule has 0 heterocycles. The molecule has 4 heteroatoms. The highest BCUT2D eigenvalue weighted by Gasteiger charge is 2.17. The Morgan fingerprint density at radius 2 is 1.90 bits per heavy atom. The van der Waals surface area contributed by atoms with E-state index in [9.17, 15) is 9.59 Å². The quantitative estimate of drug-likeness (QED) is 0.813. The van der Waals surface area contributed by atoms with Crippen molar-refractivity contribution in [3.05, 3.63) is 29.3 Å². The number of nitrogens with one attached hydrogen (secondary N) is 1. The molecule has 4 nitrogen and oxygen atoms in total. The van der Waals surface area contributed by atoms with Crippen LogP contribution in [0.25, 0.3) is 0 Å². The molecule has 0 saturated heterocycles. The van der Waals surface area contributed by atoms with Crippen LogP contribution >= 0.6 is 0 Å². The maximum atomic E-state index is 11.9. The van der Waals surface area contributed by atoms with Gasteiger partial charge in [0.2, 0.25) is 0 Å². The van der Waals surface area contributed by atoms with E-state index in [1.54, 1.807) is 19.1 Å². The molecule has 0 aromatic heterocycles. The van der Waals surface area contributed by atoms with E-state index >= 15 is 0 Å². The molecular weight excluding hydrogens is 254 g/mol. The normalized spacial score (nSPS) is 12.1. The standard InChI is InChI=1S/C16H23NO3/c1-10(2)9-17-16(19)13(5)20-15-7-6-11(3)8-14(15)12(4)18/h6-8,10,13H,9H2,1-5H3,(H,17,19). The Bertz CT molecular complexity index is 494. The minimum Gasteiger partial charge on any atom is -0.480 e. The van der Waals surface area contributed by atoms with Crippen molar-refractivity contribution in [3.63, 3.8) is 0 Å². The van der Waals surface area contributed by atoms with E-state index in [4.69, 9.17) is 4.74 Å². The summed E-state index contributed by atoms with van der Waals surface area (Å²) in [5, 5.41) is 2.81. The molecule has 0 fully saturated rings. The monoisotopic (exact) mass is 277 g/mol. The number of carbonyl (C=O) groups is 2. The lowest BCUT2D eigenvalue weighted by Crippen LogP contribution is -2.38. The van der Waals surface area contributed by atoms with Crippen LogP contribution in [0.5, 0.6) is 5.75 Å². The van der Waals surface area contributed by atoms with Crippen molar-refractivity contribution in [1.29, 1.82) is 0 Å².